The molecule has 2 aromatic carbocycles. The maximum atomic E-state index is 13.2. The number of carbonyl (C=O) groups is 1. The molecule has 1 aromatic heterocycles. The van der Waals surface area contributed by atoms with E-state index in [4.69, 9.17) is 14.9 Å². The summed E-state index contributed by atoms with van der Waals surface area (Å²) in [6.07, 6.45) is 0.516. The molecule has 3 rings (SSSR count). The molecule has 0 radical (unpaired) electrons. The van der Waals surface area contributed by atoms with Crippen LogP contribution in [0.5, 0.6) is 5.75 Å². The van der Waals surface area contributed by atoms with Crippen molar-refractivity contribution >= 4 is 16.9 Å². The Kier molecular flexibility index (Phi) is 5.61. The average molecular weight is 383 g/mol. The summed E-state index contributed by atoms with van der Waals surface area (Å²) in [6, 6.07) is 9.51. The van der Waals surface area contributed by atoms with Gasteiger partial charge in [-0.25, -0.2) is 9.18 Å². The summed E-state index contributed by atoms with van der Waals surface area (Å²) in [4.78, 5) is 25.0. The van der Waals surface area contributed by atoms with Crippen molar-refractivity contribution < 1.29 is 18.3 Å². The van der Waals surface area contributed by atoms with E-state index in [0.717, 1.165) is 0 Å². The molecule has 2 N–H and O–H groups in total. The molecule has 0 saturated heterocycles. The van der Waals surface area contributed by atoms with E-state index in [1.165, 1.54) is 36.4 Å². The molecule has 1 unspecified atom stereocenters. The second-order valence-electron chi connectivity index (χ2n) is 7.18. The van der Waals surface area contributed by atoms with Gasteiger partial charge in [0.25, 0.3) is 0 Å². The van der Waals surface area contributed by atoms with E-state index in [-0.39, 0.29) is 22.9 Å². The van der Waals surface area contributed by atoms with Crippen LogP contribution in [0.1, 0.15) is 26.0 Å². The van der Waals surface area contributed by atoms with Crippen molar-refractivity contribution in [3.05, 3.63) is 64.3 Å². The topological polar surface area (TPSA) is 82.5 Å². The maximum absolute atomic E-state index is 13.2. The van der Waals surface area contributed by atoms with Crippen LogP contribution in [0.3, 0.4) is 0 Å². The zero-order valence-electron chi connectivity index (χ0n) is 16.0. The van der Waals surface area contributed by atoms with Crippen molar-refractivity contribution in [2.75, 3.05) is 0 Å². The third-order valence-electron chi connectivity index (χ3n) is 4.42. The van der Waals surface area contributed by atoms with Crippen LogP contribution in [-0.4, -0.2) is 12.0 Å². The predicted molar refractivity (Wildman–Crippen MR) is 106 cm³/mol. The number of carbonyl (C=O) groups excluding carboxylic acids is 1. The number of hydrogen-bond acceptors (Lipinski definition) is 5. The van der Waals surface area contributed by atoms with E-state index in [9.17, 15) is 14.0 Å². The lowest BCUT2D eigenvalue weighted by Gasteiger charge is -2.13. The number of esters is 1. The van der Waals surface area contributed by atoms with Crippen LogP contribution in [0.25, 0.3) is 22.1 Å². The number of fused-ring (bicyclic) bond motifs is 1. The van der Waals surface area contributed by atoms with Crippen LogP contribution >= 0.6 is 0 Å². The molecule has 0 fully saturated rings. The lowest BCUT2D eigenvalue weighted by molar-refractivity contribution is -0.136. The van der Waals surface area contributed by atoms with E-state index in [1.54, 1.807) is 13.0 Å². The molecule has 5 nitrogen and oxygen atoms in total. The monoisotopic (exact) mass is 383 g/mol. The molecule has 6 heteroatoms. The largest absolute Gasteiger partial charge is 0.460 e. The first-order chi connectivity index (χ1) is 13.3. The van der Waals surface area contributed by atoms with Gasteiger partial charge in [0.05, 0.1) is 10.9 Å². The molecule has 0 saturated carbocycles. The summed E-state index contributed by atoms with van der Waals surface area (Å²) in [5.74, 6) is 0.00588. The van der Waals surface area contributed by atoms with Gasteiger partial charge in [-0.1, -0.05) is 26.0 Å². The number of halogens is 1. The highest BCUT2D eigenvalue weighted by Gasteiger charge is 2.19. The van der Waals surface area contributed by atoms with Gasteiger partial charge < -0.3 is 14.9 Å². The second kappa shape index (κ2) is 7.94. The summed E-state index contributed by atoms with van der Waals surface area (Å²) in [5, 5.41) is 0.344. The molecule has 0 aliphatic rings. The first kappa shape index (κ1) is 19.8. The highest BCUT2D eigenvalue weighted by atomic mass is 19.1. The Morgan fingerprint density at radius 2 is 1.86 bits per heavy atom. The molecule has 0 aliphatic carbocycles. The van der Waals surface area contributed by atoms with Crippen LogP contribution < -0.4 is 15.9 Å². The molecule has 0 spiro atoms. The fourth-order valence-electron chi connectivity index (χ4n) is 3.10. The van der Waals surface area contributed by atoms with Crippen molar-refractivity contribution in [3.8, 4) is 16.9 Å². The molecule has 146 valence electrons. The Hall–Kier alpha value is -2.99. The second-order valence-corrected chi connectivity index (χ2v) is 7.18. The zero-order chi connectivity index (χ0) is 20.4. The van der Waals surface area contributed by atoms with Gasteiger partial charge in [0.15, 0.2) is 0 Å². The van der Waals surface area contributed by atoms with E-state index in [0.29, 0.717) is 34.3 Å². The number of ether oxygens (including phenoxy) is 1. The Morgan fingerprint density at radius 3 is 2.50 bits per heavy atom. The maximum Gasteiger partial charge on any atom is 0.328 e. The average Bonchev–Trinajstić information content (AvgIpc) is 2.62. The van der Waals surface area contributed by atoms with E-state index in [1.807, 2.05) is 13.8 Å². The molecule has 28 heavy (non-hydrogen) atoms. The first-order valence-corrected chi connectivity index (χ1v) is 9.07. The van der Waals surface area contributed by atoms with Crippen LogP contribution in [0.15, 0.2) is 51.7 Å². The summed E-state index contributed by atoms with van der Waals surface area (Å²) >= 11 is 0. The minimum atomic E-state index is -0.717. The Bertz CT molecular complexity index is 1070. The normalized spacial score (nSPS) is 12.4. The van der Waals surface area contributed by atoms with Crippen molar-refractivity contribution in [2.24, 2.45) is 11.7 Å². The lowest BCUT2D eigenvalue weighted by atomic mass is 10.0. The van der Waals surface area contributed by atoms with Crippen molar-refractivity contribution in [3.63, 3.8) is 0 Å². The lowest BCUT2D eigenvalue weighted by Crippen LogP contribution is -2.35. The van der Waals surface area contributed by atoms with E-state index < -0.39 is 12.0 Å². The molecule has 1 atom stereocenters. The van der Waals surface area contributed by atoms with Crippen LogP contribution in [0, 0.1) is 18.7 Å². The summed E-state index contributed by atoms with van der Waals surface area (Å²) < 4.78 is 24.3. The fraction of sp³-hybridized carbons (Fsp3) is 0.273. The quantitative estimate of drug-likeness (QED) is 0.528. The van der Waals surface area contributed by atoms with Gasteiger partial charge in [0.1, 0.15) is 29.0 Å². The van der Waals surface area contributed by atoms with Gasteiger partial charge >= 0.3 is 5.97 Å². The Balaban J connectivity index is 1.96. The third-order valence-corrected chi connectivity index (χ3v) is 4.42. The van der Waals surface area contributed by atoms with Crippen molar-refractivity contribution in [2.45, 2.75) is 33.2 Å². The van der Waals surface area contributed by atoms with Gasteiger partial charge in [0.2, 0.25) is 5.43 Å². The standard InChI is InChI=1S/C22H22FNO4/c1-12(2)10-18(24)22(26)28-16-8-9-17-19(11-16)27-13(3)20(21(17)25)14-4-6-15(23)7-5-14/h4-9,11-12,18H,10,24H2,1-3H3. The van der Waals surface area contributed by atoms with Gasteiger partial charge in [0, 0.05) is 6.07 Å². The SMILES string of the molecule is Cc1oc2cc(OC(=O)C(N)CC(C)C)ccc2c(=O)c1-c1ccc(F)cc1. The number of nitrogens with two attached hydrogens (primary N) is 1. The van der Waals surface area contributed by atoms with Crippen molar-refractivity contribution in [1.82, 2.24) is 0 Å². The minimum absolute atomic E-state index is 0.236. The van der Waals surface area contributed by atoms with Gasteiger partial charge in [-0.15, -0.1) is 0 Å². The highest BCUT2D eigenvalue weighted by Crippen LogP contribution is 2.26. The highest BCUT2D eigenvalue weighted by molar-refractivity contribution is 5.85. The van der Waals surface area contributed by atoms with Crippen LogP contribution in [0.4, 0.5) is 4.39 Å². The summed E-state index contributed by atoms with van der Waals surface area (Å²) in [7, 11) is 0. The van der Waals surface area contributed by atoms with Gasteiger partial charge in [-0.2, -0.15) is 0 Å². The Morgan fingerprint density at radius 1 is 1.18 bits per heavy atom. The van der Waals surface area contributed by atoms with Gasteiger partial charge in [-0.3, -0.25) is 4.79 Å². The van der Waals surface area contributed by atoms with E-state index >= 15 is 0 Å². The Labute approximate surface area is 161 Å². The number of rotatable bonds is 5. The molecular weight excluding hydrogens is 361 g/mol. The third kappa shape index (κ3) is 4.12. The molecule has 0 bridgehead atoms. The van der Waals surface area contributed by atoms with Crippen LogP contribution in [-0.2, 0) is 4.79 Å². The zero-order valence-corrected chi connectivity index (χ0v) is 16.0. The number of hydrogen-bond donors (Lipinski definition) is 1. The molecule has 1 heterocycles. The smallest absolute Gasteiger partial charge is 0.328 e. The minimum Gasteiger partial charge on any atom is -0.460 e. The van der Waals surface area contributed by atoms with E-state index in [2.05, 4.69) is 0 Å². The first-order valence-electron chi connectivity index (χ1n) is 9.07. The summed E-state index contributed by atoms with van der Waals surface area (Å²) in [5.41, 5.74) is 6.86. The van der Waals surface area contributed by atoms with Gasteiger partial charge in [-0.05, 0) is 49.1 Å². The predicted octanol–water partition coefficient (Wildman–Crippen LogP) is 4.19. The fourth-order valence-corrected chi connectivity index (χ4v) is 3.10. The number of benzene rings is 2. The molecule has 0 amide bonds. The molecule has 3 aromatic rings. The molecular formula is C22H22FNO4. The molecule has 0 aliphatic heterocycles. The summed E-state index contributed by atoms with van der Waals surface area (Å²) in [6.45, 7) is 5.61. The number of aryl methyl sites for hydroxylation is 1. The van der Waals surface area contributed by atoms with Crippen LogP contribution in [0.2, 0.25) is 0 Å². The van der Waals surface area contributed by atoms with Crippen molar-refractivity contribution in [1.29, 1.82) is 0 Å².